The molecular weight excluding hydrogens is 228 g/mol. The number of hydrogen-bond acceptors (Lipinski definition) is 3. The zero-order valence-corrected chi connectivity index (χ0v) is 11.6. The van der Waals surface area contributed by atoms with Gasteiger partial charge in [0.2, 0.25) is 5.91 Å². The molecule has 0 heterocycles. The highest BCUT2D eigenvalue weighted by Crippen LogP contribution is 2.44. The molecule has 0 aromatic carbocycles. The molecule has 1 atom stereocenters. The summed E-state index contributed by atoms with van der Waals surface area (Å²) in [5.41, 5.74) is 0. The summed E-state index contributed by atoms with van der Waals surface area (Å²) in [5, 5.41) is 12.4. The molecule has 2 N–H and O–H groups in total. The SMILES string of the molecule is CC(O)CCN(C)CC(=O)NC(C1CC1)C1CC1. The Balaban J connectivity index is 1.67. The Morgan fingerprint density at radius 1 is 1.33 bits per heavy atom. The molecule has 0 aromatic heterocycles. The van der Waals surface area contributed by atoms with Crippen LogP contribution in [0.2, 0.25) is 0 Å². The highest BCUT2D eigenvalue weighted by molar-refractivity contribution is 5.78. The van der Waals surface area contributed by atoms with E-state index in [-0.39, 0.29) is 12.0 Å². The smallest absolute Gasteiger partial charge is 0.234 e. The van der Waals surface area contributed by atoms with Crippen molar-refractivity contribution in [2.45, 2.75) is 51.2 Å². The monoisotopic (exact) mass is 254 g/mol. The quantitative estimate of drug-likeness (QED) is 0.679. The number of likely N-dealkylation sites (N-methyl/N-ethyl adjacent to an activating group) is 1. The summed E-state index contributed by atoms with van der Waals surface area (Å²) < 4.78 is 0. The first-order valence-electron chi connectivity index (χ1n) is 7.22. The topological polar surface area (TPSA) is 52.6 Å². The Kier molecular flexibility index (Phi) is 4.62. The van der Waals surface area contributed by atoms with Gasteiger partial charge in [0, 0.05) is 12.6 Å². The second-order valence-corrected chi connectivity index (χ2v) is 6.14. The van der Waals surface area contributed by atoms with Crippen LogP contribution >= 0.6 is 0 Å². The number of carbonyl (C=O) groups is 1. The van der Waals surface area contributed by atoms with E-state index in [0.717, 1.165) is 24.8 Å². The standard InChI is InChI=1S/C14H26N2O2/c1-10(17)7-8-16(2)9-13(18)15-14(11-3-4-11)12-5-6-12/h10-12,14,17H,3-9H2,1-2H3,(H,15,18). The van der Waals surface area contributed by atoms with Crippen LogP contribution in [0.3, 0.4) is 0 Å². The number of carbonyl (C=O) groups excluding carboxylic acids is 1. The van der Waals surface area contributed by atoms with Crippen LogP contribution in [0.25, 0.3) is 0 Å². The first-order valence-corrected chi connectivity index (χ1v) is 7.22. The fraction of sp³-hybridized carbons (Fsp3) is 0.929. The van der Waals surface area contributed by atoms with Gasteiger partial charge >= 0.3 is 0 Å². The molecule has 18 heavy (non-hydrogen) atoms. The molecule has 4 heteroatoms. The van der Waals surface area contributed by atoms with Gasteiger partial charge in [0.1, 0.15) is 0 Å². The summed E-state index contributed by atoms with van der Waals surface area (Å²) in [5.74, 6) is 1.65. The molecule has 0 saturated heterocycles. The molecule has 0 spiro atoms. The lowest BCUT2D eigenvalue weighted by molar-refractivity contribution is -0.123. The normalized spacial score (nSPS) is 21.4. The van der Waals surface area contributed by atoms with E-state index in [1.165, 1.54) is 25.7 Å². The van der Waals surface area contributed by atoms with E-state index >= 15 is 0 Å². The van der Waals surface area contributed by atoms with E-state index in [4.69, 9.17) is 0 Å². The number of aliphatic hydroxyl groups excluding tert-OH is 1. The molecule has 0 aliphatic heterocycles. The maximum atomic E-state index is 12.0. The van der Waals surface area contributed by atoms with Crippen LogP contribution in [-0.2, 0) is 4.79 Å². The van der Waals surface area contributed by atoms with Gasteiger partial charge in [-0.25, -0.2) is 0 Å². The van der Waals surface area contributed by atoms with Gasteiger partial charge in [-0.3, -0.25) is 9.69 Å². The highest BCUT2D eigenvalue weighted by Gasteiger charge is 2.42. The Bertz CT molecular complexity index is 274. The Morgan fingerprint density at radius 2 is 1.89 bits per heavy atom. The van der Waals surface area contributed by atoms with E-state index < -0.39 is 0 Å². The van der Waals surface area contributed by atoms with E-state index in [2.05, 4.69) is 5.32 Å². The molecule has 2 aliphatic rings. The molecule has 1 amide bonds. The van der Waals surface area contributed by atoms with Crippen molar-refractivity contribution in [2.24, 2.45) is 11.8 Å². The highest BCUT2D eigenvalue weighted by atomic mass is 16.3. The molecule has 0 radical (unpaired) electrons. The van der Waals surface area contributed by atoms with E-state index in [1.807, 2.05) is 11.9 Å². The minimum atomic E-state index is -0.291. The van der Waals surface area contributed by atoms with Crippen molar-refractivity contribution in [3.63, 3.8) is 0 Å². The zero-order chi connectivity index (χ0) is 13.1. The lowest BCUT2D eigenvalue weighted by Crippen LogP contribution is -2.43. The molecule has 2 saturated carbocycles. The largest absolute Gasteiger partial charge is 0.393 e. The van der Waals surface area contributed by atoms with Gasteiger partial charge in [0.25, 0.3) is 0 Å². The van der Waals surface area contributed by atoms with Crippen LogP contribution in [0.15, 0.2) is 0 Å². The zero-order valence-electron chi connectivity index (χ0n) is 11.6. The summed E-state index contributed by atoms with van der Waals surface area (Å²) in [6.07, 6.45) is 5.59. The molecule has 4 nitrogen and oxygen atoms in total. The lowest BCUT2D eigenvalue weighted by atomic mass is 10.1. The van der Waals surface area contributed by atoms with E-state index in [1.54, 1.807) is 6.92 Å². The average Bonchev–Trinajstić information content (AvgIpc) is 3.15. The predicted molar refractivity (Wildman–Crippen MR) is 71.2 cm³/mol. The van der Waals surface area contributed by atoms with Crippen LogP contribution in [0.4, 0.5) is 0 Å². The van der Waals surface area contributed by atoms with Crippen LogP contribution in [-0.4, -0.2) is 48.2 Å². The van der Waals surface area contributed by atoms with Gasteiger partial charge in [-0.05, 0) is 57.9 Å². The Labute approximate surface area is 110 Å². The third kappa shape index (κ3) is 4.58. The first-order chi connectivity index (χ1) is 8.56. The third-order valence-electron chi connectivity index (χ3n) is 3.93. The number of nitrogens with zero attached hydrogens (tertiary/aromatic N) is 1. The fourth-order valence-corrected chi connectivity index (χ4v) is 2.49. The van der Waals surface area contributed by atoms with Gasteiger partial charge in [-0.15, -0.1) is 0 Å². The van der Waals surface area contributed by atoms with Crippen molar-refractivity contribution in [3.8, 4) is 0 Å². The lowest BCUT2D eigenvalue weighted by Gasteiger charge is -2.21. The van der Waals surface area contributed by atoms with E-state index in [9.17, 15) is 9.90 Å². The van der Waals surface area contributed by atoms with E-state index in [0.29, 0.717) is 12.6 Å². The predicted octanol–water partition coefficient (Wildman–Crippen LogP) is 0.994. The molecule has 1 unspecified atom stereocenters. The van der Waals surface area contributed by atoms with Crippen LogP contribution in [0.1, 0.15) is 39.0 Å². The number of rotatable bonds is 8. The Morgan fingerprint density at radius 3 is 2.33 bits per heavy atom. The molecule has 2 fully saturated rings. The number of hydrogen-bond donors (Lipinski definition) is 2. The molecule has 2 rings (SSSR count). The maximum absolute atomic E-state index is 12.0. The van der Waals surface area contributed by atoms with Crippen LogP contribution in [0.5, 0.6) is 0 Å². The third-order valence-corrected chi connectivity index (χ3v) is 3.93. The van der Waals surface area contributed by atoms with Crippen molar-refractivity contribution in [1.82, 2.24) is 10.2 Å². The summed E-state index contributed by atoms with van der Waals surface area (Å²) in [6, 6.07) is 0.447. The Hall–Kier alpha value is -0.610. The van der Waals surface area contributed by atoms with Crippen molar-refractivity contribution in [2.75, 3.05) is 20.1 Å². The second-order valence-electron chi connectivity index (χ2n) is 6.14. The maximum Gasteiger partial charge on any atom is 0.234 e. The van der Waals surface area contributed by atoms with Gasteiger partial charge in [0.05, 0.1) is 12.6 Å². The molecule has 104 valence electrons. The number of amides is 1. The van der Waals surface area contributed by atoms with Crippen molar-refractivity contribution < 1.29 is 9.90 Å². The average molecular weight is 254 g/mol. The summed E-state index contributed by atoms with van der Waals surface area (Å²) in [7, 11) is 1.94. The summed E-state index contributed by atoms with van der Waals surface area (Å²) in [4.78, 5) is 13.9. The van der Waals surface area contributed by atoms with Crippen molar-refractivity contribution in [1.29, 1.82) is 0 Å². The van der Waals surface area contributed by atoms with Crippen molar-refractivity contribution in [3.05, 3.63) is 0 Å². The molecule has 0 bridgehead atoms. The molecular formula is C14H26N2O2. The van der Waals surface area contributed by atoms with Gasteiger partial charge < -0.3 is 10.4 Å². The number of nitrogens with one attached hydrogen (secondary N) is 1. The second kappa shape index (κ2) is 6.02. The van der Waals surface area contributed by atoms with Gasteiger partial charge in [-0.1, -0.05) is 0 Å². The number of aliphatic hydroxyl groups is 1. The van der Waals surface area contributed by atoms with Crippen LogP contribution in [0, 0.1) is 11.8 Å². The van der Waals surface area contributed by atoms with Gasteiger partial charge in [0.15, 0.2) is 0 Å². The fourth-order valence-electron chi connectivity index (χ4n) is 2.49. The summed E-state index contributed by atoms with van der Waals surface area (Å²) >= 11 is 0. The summed E-state index contributed by atoms with van der Waals surface area (Å²) in [6.45, 7) is 3.00. The first kappa shape index (κ1) is 13.8. The molecule has 2 aliphatic carbocycles. The molecule has 0 aromatic rings. The van der Waals surface area contributed by atoms with Crippen molar-refractivity contribution >= 4 is 5.91 Å². The van der Waals surface area contributed by atoms with Gasteiger partial charge in [-0.2, -0.15) is 0 Å². The minimum absolute atomic E-state index is 0.145. The van der Waals surface area contributed by atoms with Crippen LogP contribution < -0.4 is 5.32 Å². The minimum Gasteiger partial charge on any atom is -0.393 e.